The molecular weight excluding hydrogens is 321 g/mol. The zero-order valence-electron chi connectivity index (χ0n) is 15.2. The molecule has 0 saturated heterocycles. The van der Waals surface area contributed by atoms with Gasteiger partial charge in [-0.3, -0.25) is 4.79 Å². The topological polar surface area (TPSA) is 56.1 Å². The summed E-state index contributed by atoms with van der Waals surface area (Å²) >= 11 is 0. The summed E-state index contributed by atoms with van der Waals surface area (Å²) in [6.45, 7) is 6.46. The highest BCUT2D eigenvalue weighted by Crippen LogP contribution is 2.21. The van der Waals surface area contributed by atoms with Gasteiger partial charge >= 0.3 is 0 Å². The molecule has 1 N–H and O–H groups in total. The number of aryl methyl sites for hydroxylation is 1. The monoisotopic (exact) mass is 347 g/mol. The van der Waals surface area contributed by atoms with E-state index in [1.807, 2.05) is 7.05 Å². The molecule has 0 bridgehead atoms. The molecule has 6 heteroatoms. The molecule has 2 aromatic rings. The number of imidazole rings is 1. The molecule has 1 aromatic carbocycles. The predicted octanol–water partition coefficient (Wildman–Crippen LogP) is 3.22. The summed E-state index contributed by atoms with van der Waals surface area (Å²) in [5.41, 5.74) is 0.636. The second-order valence-corrected chi connectivity index (χ2v) is 6.59. The number of rotatable bonds is 8. The number of carbonyl (C=O) groups is 1. The quantitative estimate of drug-likeness (QED) is 0.798. The number of amides is 1. The van der Waals surface area contributed by atoms with Gasteiger partial charge in [-0.05, 0) is 37.0 Å². The average Bonchev–Trinajstić information content (AvgIpc) is 2.97. The molecular formula is C19H26FN3O2. The van der Waals surface area contributed by atoms with E-state index >= 15 is 0 Å². The Balaban J connectivity index is 2.14. The number of hydrogen-bond donors (Lipinski definition) is 1. The standard InChI is InChI=1S/C19H26FN3O2/c1-13(2)8-11-25-14(3)19(24)22-17(18-21-9-10-23(18)4)15-6-5-7-16(20)12-15/h5-7,9-10,12-14,17H,8,11H2,1-4H3,(H,22,24)/t14-,17+/m1/s1. The number of hydrogen-bond acceptors (Lipinski definition) is 3. The van der Waals surface area contributed by atoms with E-state index in [2.05, 4.69) is 24.1 Å². The second kappa shape index (κ2) is 8.76. The first kappa shape index (κ1) is 19.1. The van der Waals surface area contributed by atoms with Gasteiger partial charge in [0.1, 0.15) is 23.8 Å². The first-order chi connectivity index (χ1) is 11.9. The van der Waals surface area contributed by atoms with E-state index in [0.29, 0.717) is 23.9 Å². The highest BCUT2D eigenvalue weighted by Gasteiger charge is 2.24. The summed E-state index contributed by atoms with van der Waals surface area (Å²) in [5, 5.41) is 2.93. The van der Waals surface area contributed by atoms with Crippen LogP contribution in [0.5, 0.6) is 0 Å². The van der Waals surface area contributed by atoms with Gasteiger partial charge in [-0.2, -0.15) is 0 Å². The van der Waals surface area contributed by atoms with E-state index in [4.69, 9.17) is 4.74 Å². The van der Waals surface area contributed by atoms with Crippen LogP contribution in [0, 0.1) is 11.7 Å². The number of nitrogens with zero attached hydrogens (tertiary/aromatic N) is 2. The lowest BCUT2D eigenvalue weighted by atomic mass is 10.1. The van der Waals surface area contributed by atoms with Crippen LogP contribution >= 0.6 is 0 Å². The molecule has 0 aliphatic heterocycles. The van der Waals surface area contributed by atoms with Crippen molar-refractivity contribution in [2.75, 3.05) is 6.61 Å². The zero-order chi connectivity index (χ0) is 18.4. The molecule has 1 amide bonds. The SMILES string of the molecule is CC(C)CCO[C@H](C)C(=O)N[C@@H](c1cccc(F)c1)c1nccn1C. The third kappa shape index (κ3) is 5.39. The molecule has 136 valence electrons. The molecule has 1 aromatic heterocycles. The maximum absolute atomic E-state index is 13.6. The van der Waals surface area contributed by atoms with Crippen LogP contribution < -0.4 is 5.32 Å². The largest absolute Gasteiger partial charge is 0.369 e. The normalized spacial score (nSPS) is 13.7. The van der Waals surface area contributed by atoms with Crippen LogP contribution in [0.2, 0.25) is 0 Å². The smallest absolute Gasteiger partial charge is 0.249 e. The minimum Gasteiger partial charge on any atom is -0.369 e. The Hall–Kier alpha value is -2.21. The van der Waals surface area contributed by atoms with Crippen molar-refractivity contribution in [1.82, 2.24) is 14.9 Å². The lowest BCUT2D eigenvalue weighted by Gasteiger charge is -2.22. The summed E-state index contributed by atoms with van der Waals surface area (Å²) < 4.78 is 21.1. The highest BCUT2D eigenvalue weighted by atomic mass is 19.1. The van der Waals surface area contributed by atoms with Gasteiger partial charge in [-0.1, -0.05) is 26.0 Å². The minimum absolute atomic E-state index is 0.249. The third-order valence-corrected chi connectivity index (χ3v) is 4.02. The Labute approximate surface area is 148 Å². The maximum atomic E-state index is 13.6. The summed E-state index contributed by atoms with van der Waals surface area (Å²) in [6.07, 6.45) is 3.74. The van der Waals surface area contributed by atoms with Gasteiger partial charge in [0.2, 0.25) is 5.91 Å². The second-order valence-electron chi connectivity index (χ2n) is 6.59. The molecule has 2 rings (SSSR count). The maximum Gasteiger partial charge on any atom is 0.249 e. The molecule has 0 saturated carbocycles. The van der Waals surface area contributed by atoms with Gasteiger partial charge in [0.15, 0.2) is 0 Å². The molecule has 0 fully saturated rings. The van der Waals surface area contributed by atoms with Crippen molar-refractivity contribution in [3.63, 3.8) is 0 Å². The Morgan fingerprint density at radius 2 is 2.12 bits per heavy atom. The number of carbonyl (C=O) groups excluding carboxylic acids is 1. The summed E-state index contributed by atoms with van der Waals surface area (Å²) in [5.74, 6) is 0.546. The number of nitrogens with one attached hydrogen (secondary N) is 1. The highest BCUT2D eigenvalue weighted by molar-refractivity contribution is 5.81. The van der Waals surface area contributed by atoms with E-state index in [1.165, 1.54) is 12.1 Å². The van der Waals surface area contributed by atoms with Gasteiger partial charge in [-0.25, -0.2) is 9.37 Å². The molecule has 0 spiro atoms. The number of aromatic nitrogens is 2. The van der Waals surface area contributed by atoms with Gasteiger partial charge < -0.3 is 14.6 Å². The Morgan fingerprint density at radius 3 is 2.72 bits per heavy atom. The first-order valence-electron chi connectivity index (χ1n) is 8.53. The third-order valence-electron chi connectivity index (χ3n) is 4.02. The van der Waals surface area contributed by atoms with Crippen LogP contribution in [0.1, 0.15) is 44.6 Å². The molecule has 2 atom stereocenters. The van der Waals surface area contributed by atoms with Crippen LogP contribution in [-0.2, 0) is 16.6 Å². The fraction of sp³-hybridized carbons (Fsp3) is 0.474. The fourth-order valence-corrected chi connectivity index (χ4v) is 2.45. The number of halogens is 1. The van der Waals surface area contributed by atoms with Crippen molar-refractivity contribution in [1.29, 1.82) is 0 Å². The molecule has 0 radical (unpaired) electrons. The predicted molar refractivity (Wildman–Crippen MR) is 94.5 cm³/mol. The van der Waals surface area contributed by atoms with Gasteiger partial charge in [0, 0.05) is 26.0 Å². The Morgan fingerprint density at radius 1 is 1.36 bits per heavy atom. The lowest BCUT2D eigenvalue weighted by molar-refractivity contribution is -0.132. The van der Waals surface area contributed by atoms with Gasteiger partial charge in [0.05, 0.1) is 0 Å². The van der Waals surface area contributed by atoms with Gasteiger partial charge in [-0.15, -0.1) is 0 Å². The van der Waals surface area contributed by atoms with Crippen molar-refractivity contribution in [2.24, 2.45) is 13.0 Å². The minimum atomic E-state index is -0.588. The van der Waals surface area contributed by atoms with Crippen molar-refractivity contribution in [2.45, 2.75) is 39.3 Å². The van der Waals surface area contributed by atoms with Crippen molar-refractivity contribution in [3.8, 4) is 0 Å². The Bertz CT molecular complexity index is 699. The van der Waals surface area contributed by atoms with E-state index in [9.17, 15) is 9.18 Å². The van der Waals surface area contributed by atoms with Crippen LogP contribution in [0.4, 0.5) is 4.39 Å². The fourth-order valence-electron chi connectivity index (χ4n) is 2.45. The van der Waals surface area contributed by atoms with Gasteiger partial charge in [0.25, 0.3) is 0 Å². The summed E-state index contributed by atoms with van der Waals surface area (Å²) in [6, 6.07) is 5.63. The number of ether oxygens (including phenoxy) is 1. The molecule has 0 aliphatic carbocycles. The van der Waals surface area contributed by atoms with E-state index < -0.39 is 12.1 Å². The average molecular weight is 347 g/mol. The van der Waals surface area contributed by atoms with Crippen LogP contribution in [-0.4, -0.2) is 28.2 Å². The van der Waals surface area contributed by atoms with Crippen molar-refractivity contribution in [3.05, 3.63) is 53.9 Å². The van der Waals surface area contributed by atoms with Crippen molar-refractivity contribution >= 4 is 5.91 Å². The van der Waals surface area contributed by atoms with Crippen LogP contribution in [0.25, 0.3) is 0 Å². The molecule has 25 heavy (non-hydrogen) atoms. The van der Waals surface area contributed by atoms with E-state index in [-0.39, 0.29) is 11.7 Å². The molecule has 0 aliphatic rings. The van der Waals surface area contributed by atoms with E-state index in [0.717, 1.165) is 6.42 Å². The van der Waals surface area contributed by atoms with Crippen LogP contribution in [0.15, 0.2) is 36.7 Å². The number of benzene rings is 1. The molecule has 1 heterocycles. The van der Waals surface area contributed by atoms with E-state index in [1.54, 1.807) is 36.0 Å². The first-order valence-corrected chi connectivity index (χ1v) is 8.53. The summed E-state index contributed by atoms with van der Waals surface area (Å²) in [7, 11) is 1.84. The molecule has 0 unspecified atom stereocenters. The van der Waals surface area contributed by atoms with Crippen molar-refractivity contribution < 1.29 is 13.9 Å². The Kier molecular flexibility index (Phi) is 6.70. The van der Waals surface area contributed by atoms with Crippen LogP contribution in [0.3, 0.4) is 0 Å². The summed E-state index contributed by atoms with van der Waals surface area (Å²) in [4.78, 5) is 16.8. The molecule has 5 nitrogen and oxygen atoms in total. The lowest BCUT2D eigenvalue weighted by Crippen LogP contribution is -2.38. The zero-order valence-corrected chi connectivity index (χ0v) is 15.2.